The van der Waals surface area contributed by atoms with Gasteiger partial charge in [0.1, 0.15) is 0 Å². The second-order valence-corrected chi connectivity index (χ2v) is 4.37. The molecule has 0 unspecified atom stereocenters. The molecule has 0 aliphatic heterocycles. The topological polar surface area (TPSA) is 29.1 Å². The van der Waals surface area contributed by atoms with Gasteiger partial charge in [0.2, 0.25) is 0 Å². The Hall–Kier alpha value is -2.09. The predicted molar refractivity (Wildman–Crippen MR) is 75.0 cm³/mol. The van der Waals surface area contributed by atoms with Crippen LogP contribution >= 0.6 is 0 Å². The van der Waals surface area contributed by atoms with E-state index >= 15 is 0 Å². The second-order valence-electron chi connectivity index (χ2n) is 4.37. The van der Waals surface area contributed by atoms with Crippen LogP contribution in [-0.4, -0.2) is 5.91 Å². The van der Waals surface area contributed by atoms with Gasteiger partial charge in [-0.3, -0.25) is 4.79 Å². The molecule has 0 aromatic heterocycles. The summed E-state index contributed by atoms with van der Waals surface area (Å²) in [6, 6.07) is 15.5. The van der Waals surface area contributed by atoms with Crippen molar-refractivity contribution in [2.45, 2.75) is 20.3 Å². The summed E-state index contributed by atoms with van der Waals surface area (Å²) >= 11 is 0. The predicted octanol–water partition coefficient (Wildman–Crippen LogP) is 3.81. The van der Waals surface area contributed by atoms with Gasteiger partial charge >= 0.3 is 0 Å². The summed E-state index contributed by atoms with van der Waals surface area (Å²) in [4.78, 5) is 12.0. The van der Waals surface area contributed by atoms with Crippen LogP contribution in [0.5, 0.6) is 0 Å². The zero-order chi connectivity index (χ0) is 13.0. The summed E-state index contributed by atoms with van der Waals surface area (Å²) in [5, 5.41) is 2.90. The van der Waals surface area contributed by atoms with E-state index in [1.165, 1.54) is 5.56 Å². The molecular weight excluding hydrogens is 222 g/mol. The summed E-state index contributed by atoms with van der Waals surface area (Å²) in [5.74, 6) is -0.0667. The molecule has 0 aliphatic carbocycles. The fourth-order valence-electron chi connectivity index (χ4n) is 1.81. The van der Waals surface area contributed by atoms with Gasteiger partial charge in [0, 0.05) is 11.3 Å². The fourth-order valence-corrected chi connectivity index (χ4v) is 1.81. The third-order valence-electron chi connectivity index (χ3n) is 2.90. The van der Waals surface area contributed by atoms with Gasteiger partial charge in [0.15, 0.2) is 0 Å². The highest BCUT2D eigenvalue weighted by Gasteiger charge is 2.05. The van der Waals surface area contributed by atoms with Crippen molar-refractivity contribution < 1.29 is 4.79 Å². The summed E-state index contributed by atoms with van der Waals surface area (Å²) < 4.78 is 0. The Bertz CT molecular complexity index is 543. The van der Waals surface area contributed by atoms with Gasteiger partial charge in [0.05, 0.1) is 0 Å². The van der Waals surface area contributed by atoms with Crippen LogP contribution in [0, 0.1) is 6.92 Å². The first-order chi connectivity index (χ1) is 8.69. The smallest absolute Gasteiger partial charge is 0.255 e. The highest BCUT2D eigenvalue weighted by atomic mass is 16.1. The molecule has 92 valence electrons. The van der Waals surface area contributed by atoms with E-state index in [1.807, 2.05) is 55.5 Å². The molecule has 1 N–H and O–H groups in total. The van der Waals surface area contributed by atoms with Crippen molar-refractivity contribution in [1.29, 1.82) is 0 Å². The summed E-state index contributed by atoms with van der Waals surface area (Å²) in [6.45, 7) is 4.09. The SMILES string of the molecule is CCc1ccc(NC(=O)c2cccc(C)c2)cc1. The number of hydrogen-bond acceptors (Lipinski definition) is 1. The number of nitrogens with one attached hydrogen (secondary N) is 1. The van der Waals surface area contributed by atoms with E-state index < -0.39 is 0 Å². The van der Waals surface area contributed by atoms with Crippen LogP contribution in [0.3, 0.4) is 0 Å². The molecule has 0 radical (unpaired) electrons. The first-order valence-corrected chi connectivity index (χ1v) is 6.16. The standard InChI is InChI=1S/C16H17NO/c1-3-13-7-9-15(10-8-13)17-16(18)14-6-4-5-12(2)11-14/h4-11H,3H2,1-2H3,(H,17,18). The largest absolute Gasteiger partial charge is 0.322 e. The molecule has 0 spiro atoms. The summed E-state index contributed by atoms with van der Waals surface area (Å²) in [6.07, 6.45) is 1.01. The lowest BCUT2D eigenvalue weighted by molar-refractivity contribution is 0.102. The molecular formula is C16H17NO. The maximum absolute atomic E-state index is 12.0. The zero-order valence-electron chi connectivity index (χ0n) is 10.7. The van der Waals surface area contributed by atoms with E-state index in [1.54, 1.807) is 0 Å². The van der Waals surface area contributed by atoms with Crippen molar-refractivity contribution in [3.63, 3.8) is 0 Å². The Balaban J connectivity index is 2.11. The monoisotopic (exact) mass is 239 g/mol. The Morgan fingerprint density at radius 1 is 1.11 bits per heavy atom. The number of rotatable bonds is 3. The van der Waals surface area contributed by atoms with Gasteiger partial charge in [-0.15, -0.1) is 0 Å². The molecule has 2 aromatic rings. The Labute approximate surface area is 108 Å². The van der Waals surface area contributed by atoms with Crippen molar-refractivity contribution >= 4 is 11.6 Å². The average Bonchev–Trinajstić information content (AvgIpc) is 2.39. The number of benzene rings is 2. The molecule has 0 heterocycles. The van der Waals surface area contributed by atoms with E-state index in [2.05, 4.69) is 12.2 Å². The van der Waals surface area contributed by atoms with Gasteiger partial charge < -0.3 is 5.32 Å². The molecule has 2 nitrogen and oxygen atoms in total. The van der Waals surface area contributed by atoms with Crippen molar-refractivity contribution in [3.8, 4) is 0 Å². The third kappa shape index (κ3) is 2.98. The molecule has 1 amide bonds. The summed E-state index contributed by atoms with van der Waals surface area (Å²) in [7, 11) is 0. The first-order valence-electron chi connectivity index (χ1n) is 6.16. The summed E-state index contributed by atoms with van der Waals surface area (Å²) in [5.41, 5.74) is 3.88. The van der Waals surface area contributed by atoms with Crippen LogP contribution < -0.4 is 5.32 Å². The Morgan fingerprint density at radius 3 is 2.44 bits per heavy atom. The lowest BCUT2D eigenvalue weighted by atomic mass is 10.1. The van der Waals surface area contributed by atoms with E-state index in [-0.39, 0.29) is 5.91 Å². The molecule has 0 atom stereocenters. The number of carbonyl (C=O) groups is 1. The number of hydrogen-bond donors (Lipinski definition) is 1. The molecule has 0 aliphatic rings. The van der Waals surface area contributed by atoms with Gasteiger partial charge in [-0.1, -0.05) is 36.8 Å². The van der Waals surface area contributed by atoms with Crippen LogP contribution in [0.15, 0.2) is 48.5 Å². The van der Waals surface area contributed by atoms with Gasteiger partial charge in [0.25, 0.3) is 5.91 Å². The molecule has 2 heteroatoms. The molecule has 0 saturated heterocycles. The molecule has 0 bridgehead atoms. The van der Waals surface area contributed by atoms with Crippen molar-refractivity contribution in [3.05, 3.63) is 65.2 Å². The molecule has 0 fully saturated rings. The fraction of sp³-hybridized carbons (Fsp3) is 0.188. The zero-order valence-corrected chi connectivity index (χ0v) is 10.7. The van der Waals surface area contributed by atoms with E-state index in [0.717, 1.165) is 17.7 Å². The quantitative estimate of drug-likeness (QED) is 0.867. The van der Waals surface area contributed by atoms with E-state index in [9.17, 15) is 4.79 Å². The van der Waals surface area contributed by atoms with E-state index in [4.69, 9.17) is 0 Å². The Morgan fingerprint density at radius 2 is 1.83 bits per heavy atom. The molecule has 2 rings (SSSR count). The second kappa shape index (κ2) is 5.50. The lowest BCUT2D eigenvalue weighted by Gasteiger charge is -2.06. The van der Waals surface area contributed by atoms with Crippen LogP contribution in [-0.2, 0) is 6.42 Å². The number of anilines is 1. The Kier molecular flexibility index (Phi) is 3.78. The maximum Gasteiger partial charge on any atom is 0.255 e. The average molecular weight is 239 g/mol. The highest BCUT2D eigenvalue weighted by Crippen LogP contribution is 2.12. The van der Waals surface area contributed by atoms with Crippen LogP contribution in [0.1, 0.15) is 28.4 Å². The highest BCUT2D eigenvalue weighted by molar-refractivity contribution is 6.04. The number of aryl methyl sites for hydroxylation is 2. The van der Waals surface area contributed by atoms with Crippen LogP contribution in [0.2, 0.25) is 0 Å². The first kappa shape index (κ1) is 12.4. The minimum atomic E-state index is -0.0667. The lowest BCUT2D eigenvalue weighted by Crippen LogP contribution is -2.11. The maximum atomic E-state index is 12.0. The van der Waals surface area contributed by atoms with Crippen molar-refractivity contribution in [2.75, 3.05) is 5.32 Å². The minimum absolute atomic E-state index is 0.0667. The number of amides is 1. The molecule has 2 aromatic carbocycles. The van der Waals surface area contributed by atoms with Crippen LogP contribution in [0.25, 0.3) is 0 Å². The van der Waals surface area contributed by atoms with Gasteiger partial charge in [-0.2, -0.15) is 0 Å². The van der Waals surface area contributed by atoms with E-state index in [0.29, 0.717) is 5.56 Å². The van der Waals surface area contributed by atoms with Crippen molar-refractivity contribution in [2.24, 2.45) is 0 Å². The van der Waals surface area contributed by atoms with Crippen molar-refractivity contribution in [1.82, 2.24) is 0 Å². The number of carbonyl (C=O) groups excluding carboxylic acids is 1. The van der Waals surface area contributed by atoms with Gasteiger partial charge in [-0.05, 0) is 43.2 Å². The molecule has 0 saturated carbocycles. The normalized spacial score (nSPS) is 10.1. The third-order valence-corrected chi connectivity index (χ3v) is 2.90. The van der Waals surface area contributed by atoms with Gasteiger partial charge in [-0.25, -0.2) is 0 Å². The van der Waals surface area contributed by atoms with Crippen LogP contribution in [0.4, 0.5) is 5.69 Å². The molecule has 18 heavy (non-hydrogen) atoms. The minimum Gasteiger partial charge on any atom is -0.322 e.